The molecule has 7 nitrogen and oxygen atoms in total. The maximum atomic E-state index is 11.7. The van der Waals surface area contributed by atoms with Crippen molar-refractivity contribution in [1.82, 2.24) is 20.4 Å². The maximum Gasteiger partial charge on any atom is 0.329 e. The molecule has 3 aromatic rings. The van der Waals surface area contributed by atoms with E-state index >= 15 is 0 Å². The summed E-state index contributed by atoms with van der Waals surface area (Å²) in [5.41, 5.74) is 3.49. The van der Waals surface area contributed by atoms with Gasteiger partial charge in [-0.25, -0.2) is 4.79 Å². The minimum Gasteiger partial charge on any atom is -0.361 e. The molecule has 0 unspecified atom stereocenters. The van der Waals surface area contributed by atoms with Gasteiger partial charge in [-0.1, -0.05) is 16.8 Å². The summed E-state index contributed by atoms with van der Waals surface area (Å²) in [5, 5.41) is 10.0. The number of nitrogens with zero attached hydrogens (tertiary/aromatic N) is 2. The third kappa shape index (κ3) is 3.08. The number of aromatic nitrogens is 3. The Morgan fingerprint density at radius 1 is 1.36 bits per heavy atom. The highest BCUT2D eigenvalue weighted by Crippen LogP contribution is 2.19. The van der Waals surface area contributed by atoms with Gasteiger partial charge in [-0.3, -0.25) is 5.32 Å². The molecule has 0 aliphatic heterocycles. The number of carbonyl (C=O) groups excluding carboxylic acids is 1. The van der Waals surface area contributed by atoms with Gasteiger partial charge in [0.15, 0.2) is 5.82 Å². The number of nitrogens with one attached hydrogen (secondary N) is 3. The number of H-pyrrole nitrogens is 1. The highest BCUT2D eigenvalue weighted by molar-refractivity contribution is 5.87. The van der Waals surface area contributed by atoms with E-state index in [1.807, 2.05) is 6.20 Å². The van der Waals surface area contributed by atoms with E-state index in [2.05, 4.69) is 50.9 Å². The van der Waals surface area contributed by atoms with Gasteiger partial charge in [0.1, 0.15) is 0 Å². The molecule has 0 saturated carbocycles. The van der Waals surface area contributed by atoms with Crippen LogP contribution in [0.4, 0.5) is 10.8 Å². The molecule has 0 fully saturated rings. The summed E-state index contributed by atoms with van der Waals surface area (Å²) < 4.78 is 4.82. The van der Waals surface area contributed by atoms with Crippen LogP contribution in [0.2, 0.25) is 0 Å². The van der Waals surface area contributed by atoms with Gasteiger partial charge < -0.3 is 14.8 Å². The lowest BCUT2D eigenvalue weighted by Crippen LogP contribution is -2.30. The molecule has 3 rings (SSSR count). The number of rotatable bonds is 4. The summed E-state index contributed by atoms with van der Waals surface area (Å²) in [7, 11) is 0. The van der Waals surface area contributed by atoms with Gasteiger partial charge in [0.2, 0.25) is 0 Å². The Morgan fingerprint density at radius 3 is 3.00 bits per heavy atom. The zero-order chi connectivity index (χ0) is 15.5. The molecule has 0 aliphatic carbocycles. The van der Waals surface area contributed by atoms with E-state index in [1.165, 1.54) is 16.5 Å². The monoisotopic (exact) mass is 299 g/mol. The van der Waals surface area contributed by atoms with Crippen LogP contribution in [0.5, 0.6) is 0 Å². The van der Waals surface area contributed by atoms with Crippen molar-refractivity contribution in [2.24, 2.45) is 0 Å². The van der Waals surface area contributed by atoms with Gasteiger partial charge in [-0.2, -0.15) is 4.98 Å². The second-order valence-electron chi connectivity index (χ2n) is 5.14. The first kappa shape index (κ1) is 14.1. The Morgan fingerprint density at radius 2 is 2.23 bits per heavy atom. The lowest BCUT2D eigenvalue weighted by Gasteiger charge is -2.04. The number of hydrogen-bond acceptors (Lipinski definition) is 4. The summed E-state index contributed by atoms with van der Waals surface area (Å²) in [6.07, 6.45) is 2.71. The number of aryl methyl sites for hydroxylation is 2. The minimum atomic E-state index is -0.361. The zero-order valence-electron chi connectivity index (χ0n) is 12.4. The Bertz CT molecular complexity index is 805. The SMILES string of the molecule is Cc1ccc2[nH]cc(CCNC(=O)Nc3nc(C)no3)c2c1. The van der Waals surface area contributed by atoms with Crippen molar-refractivity contribution in [3.63, 3.8) is 0 Å². The summed E-state index contributed by atoms with van der Waals surface area (Å²) in [4.78, 5) is 18.8. The molecule has 2 aromatic heterocycles. The molecule has 114 valence electrons. The second-order valence-corrected chi connectivity index (χ2v) is 5.14. The zero-order valence-corrected chi connectivity index (χ0v) is 12.4. The van der Waals surface area contributed by atoms with E-state index in [0.29, 0.717) is 12.4 Å². The smallest absolute Gasteiger partial charge is 0.329 e. The number of aromatic amines is 1. The molecule has 0 saturated heterocycles. The first-order valence-electron chi connectivity index (χ1n) is 7.03. The maximum absolute atomic E-state index is 11.7. The number of carbonyl (C=O) groups is 1. The first-order chi connectivity index (χ1) is 10.6. The number of urea groups is 1. The molecule has 0 aliphatic rings. The van der Waals surface area contributed by atoms with Crippen molar-refractivity contribution in [1.29, 1.82) is 0 Å². The lowest BCUT2D eigenvalue weighted by molar-refractivity contribution is 0.251. The van der Waals surface area contributed by atoms with Gasteiger partial charge in [-0.05, 0) is 38.0 Å². The van der Waals surface area contributed by atoms with Crippen LogP contribution in [-0.2, 0) is 6.42 Å². The Balaban J connectivity index is 1.55. The van der Waals surface area contributed by atoms with Crippen molar-refractivity contribution >= 4 is 22.9 Å². The first-order valence-corrected chi connectivity index (χ1v) is 7.03. The average Bonchev–Trinajstić information content (AvgIpc) is 3.05. The van der Waals surface area contributed by atoms with Crippen LogP contribution in [0, 0.1) is 13.8 Å². The fourth-order valence-corrected chi connectivity index (χ4v) is 2.30. The molecular formula is C15H17N5O2. The molecule has 0 spiro atoms. The predicted molar refractivity (Wildman–Crippen MR) is 82.8 cm³/mol. The number of amides is 2. The predicted octanol–water partition coefficient (Wildman–Crippen LogP) is 2.53. The fourth-order valence-electron chi connectivity index (χ4n) is 2.30. The van der Waals surface area contributed by atoms with Gasteiger partial charge in [-0.15, -0.1) is 0 Å². The fraction of sp³-hybridized carbons (Fsp3) is 0.267. The molecular weight excluding hydrogens is 282 g/mol. The van der Waals surface area contributed by atoms with E-state index in [0.717, 1.165) is 11.9 Å². The quantitative estimate of drug-likeness (QED) is 0.689. The molecule has 1 aromatic carbocycles. The molecule has 2 amide bonds. The average molecular weight is 299 g/mol. The van der Waals surface area contributed by atoms with Crippen LogP contribution in [0.15, 0.2) is 28.9 Å². The van der Waals surface area contributed by atoms with E-state index in [4.69, 9.17) is 4.52 Å². The van der Waals surface area contributed by atoms with Crippen molar-refractivity contribution in [2.45, 2.75) is 20.3 Å². The van der Waals surface area contributed by atoms with E-state index < -0.39 is 0 Å². The second kappa shape index (κ2) is 5.88. The molecule has 7 heteroatoms. The summed E-state index contributed by atoms with van der Waals surface area (Å²) in [6, 6.07) is 6.01. The number of fused-ring (bicyclic) bond motifs is 1. The van der Waals surface area contributed by atoms with Gasteiger partial charge >= 0.3 is 12.0 Å². The Kier molecular flexibility index (Phi) is 3.78. The molecule has 0 radical (unpaired) electrons. The summed E-state index contributed by atoms with van der Waals surface area (Å²) in [6.45, 7) is 4.26. The van der Waals surface area contributed by atoms with Gasteiger partial charge in [0.25, 0.3) is 0 Å². The molecule has 2 heterocycles. The van der Waals surface area contributed by atoms with Crippen molar-refractivity contribution in [3.8, 4) is 0 Å². The van der Waals surface area contributed by atoms with Crippen LogP contribution in [0.3, 0.4) is 0 Å². The third-order valence-corrected chi connectivity index (χ3v) is 3.35. The number of hydrogen-bond donors (Lipinski definition) is 3. The van der Waals surface area contributed by atoms with Crippen LogP contribution in [-0.4, -0.2) is 27.7 Å². The van der Waals surface area contributed by atoms with Crippen LogP contribution in [0.1, 0.15) is 17.0 Å². The Labute approximate surface area is 127 Å². The van der Waals surface area contributed by atoms with Crippen LogP contribution in [0.25, 0.3) is 10.9 Å². The van der Waals surface area contributed by atoms with Gasteiger partial charge in [0, 0.05) is 23.6 Å². The van der Waals surface area contributed by atoms with E-state index in [-0.39, 0.29) is 12.0 Å². The molecule has 0 atom stereocenters. The van der Waals surface area contributed by atoms with Crippen LogP contribution >= 0.6 is 0 Å². The highest BCUT2D eigenvalue weighted by atomic mass is 16.5. The van der Waals surface area contributed by atoms with E-state index in [1.54, 1.807) is 6.92 Å². The lowest BCUT2D eigenvalue weighted by atomic mass is 10.1. The van der Waals surface area contributed by atoms with Crippen LogP contribution < -0.4 is 10.6 Å². The molecule has 22 heavy (non-hydrogen) atoms. The topological polar surface area (TPSA) is 95.8 Å². The molecule has 0 bridgehead atoms. The Hall–Kier alpha value is -2.83. The van der Waals surface area contributed by atoms with Crippen molar-refractivity contribution < 1.29 is 9.32 Å². The third-order valence-electron chi connectivity index (χ3n) is 3.35. The molecule has 3 N–H and O–H groups in total. The summed E-state index contributed by atoms with van der Waals surface area (Å²) in [5.74, 6) is 0.476. The number of anilines is 1. The highest BCUT2D eigenvalue weighted by Gasteiger charge is 2.08. The van der Waals surface area contributed by atoms with E-state index in [9.17, 15) is 4.79 Å². The standard InChI is InChI=1S/C15H17N5O2/c1-9-3-4-13-12(7-9)11(8-17-13)5-6-16-14(21)19-15-18-10(2)20-22-15/h3-4,7-8,17H,5-6H2,1-2H3,(H2,16,18,19,20,21). The number of benzene rings is 1. The normalized spacial score (nSPS) is 10.8. The summed E-state index contributed by atoms with van der Waals surface area (Å²) >= 11 is 0. The van der Waals surface area contributed by atoms with Crippen molar-refractivity contribution in [2.75, 3.05) is 11.9 Å². The van der Waals surface area contributed by atoms with Crippen molar-refractivity contribution in [3.05, 3.63) is 41.3 Å². The largest absolute Gasteiger partial charge is 0.361 e. The minimum absolute atomic E-state index is 0.0951. The van der Waals surface area contributed by atoms with Gasteiger partial charge in [0.05, 0.1) is 0 Å².